The quantitative estimate of drug-likeness (QED) is 0.756. The zero-order valence-electron chi connectivity index (χ0n) is 8.03. The minimum absolute atomic E-state index is 0.371. The molecule has 0 bridgehead atoms. The standard InChI is InChI=1S/C10H15O2P/c1-3-8-13(11,12)10-6-4-9(2)5-7-10/h4-7H,3,8H2,1-2H3,(H,11,12). The third-order valence-electron chi connectivity index (χ3n) is 1.96. The van der Waals surface area contributed by atoms with Gasteiger partial charge in [0.2, 0.25) is 7.37 Å². The molecule has 0 saturated carbocycles. The second-order valence-electron chi connectivity index (χ2n) is 3.26. The van der Waals surface area contributed by atoms with Crippen molar-refractivity contribution in [2.75, 3.05) is 6.16 Å². The van der Waals surface area contributed by atoms with Crippen LogP contribution in [-0.4, -0.2) is 11.1 Å². The molecule has 2 nitrogen and oxygen atoms in total. The summed E-state index contributed by atoms with van der Waals surface area (Å²) in [6.07, 6.45) is 1.11. The maximum Gasteiger partial charge on any atom is 0.229 e. The van der Waals surface area contributed by atoms with E-state index in [0.29, 0.717) is 11.5 Å². The van der Waals surface area contributed by atoms with Crippen molar-refractivity contribution in [2.24, 2.45) is 0 Å². The molecule has 13 heavy (non-hydrogen) atoms. The number of rotatable bonds is 3. The SMILES string of the molecule is CCCP(=O)(O)c1ccc(C)cc1. The average Bonchev–Trinajstić information content (AvgIpc) is 2.05. The molecule has 0 amide bonds. The first kappa shape index (κ1) is 10.5. The monoisotopic (exact) mass is 198 g/mol. The highest BCUT2D eigenvalue weighted by Gasteiger charge is 2.18. The lowest BCUT2D eigenvalue weighted by molar-refractivity contribution is 0.489. The van der Waals surface area contributed by atoms with Gasteiger partial charge in [0, 0.05) is 11.5 Å². The number of hydrogen-bond acceptors (Lipinski definition) is 1. The Morgan fingerprint density at radius 1 is 1.31 bits per heavy atom. The molecule has 1 aromatic rings. The Morgan fingerprint density at radius 3 is 2.31 bits per heavy atom. The van der Waals surface area contributed by atoms with Gasteiger partial charge in [0.25, 0.3) is 0 Å². The van der Waals surface area contributed by atoms with Gasteiger partial charge in [-0.25, -0.2) is 0 Å². The zero-order chi connectivity index (χ0) is 9.90. The minimum Gasteiger partial charge on any atom is -0.341 e. The molecule has 1 rings (SSSR count). The van der Waals surface area contributed by atoms with Crippen molar-refractivity contribution in [3.05, 3.63) is 29.8 Å². The van der Waals surface area contributed by atoms with Gasteiger partial charge in [0.1, 0.15) is 0 Å². The Morgan fingerprint density at radius 2 is 1.85 bits per heavy atom. The van der Waals surface area contributed by atoms with Crippen LogP contribution in [0.4, 0.5) is 0 Å². The number of benzene rings is 1. The molecule has 0 radical (unpaired) electrons. The molecule has 1 atom stereocenters. The maximum atomic E-state index is 11.7. The lowest BCUT2D eigenvalue weighted by atomic mass is 10.2. The first-order valence-electron chi connectivity index (χ1n) is 4.45. The molecule has 1 N–H and O–H groups in total. The molecule has 0 saturated heterocycles. The van der Waals surface area contributed by atoms with Gasteiger partial charge in [-0.1, -0.05) is 24.6 Å². The van der Waals surface area contributed by atoms with E-state index in [1.165, 1.54) is 0 Å². The minimum atomic E-state index is -3.06. The van der Waals surface area contributed by atoms with E-state index in [1.54, 1.807) is 12.1 Å². The van der Waals surface area contributed by atoms with Crippen LogP contribution in [-0.2, 0) is 4.57 Å². The fraction of sp³-hybridized carbons (Fsp3) is 0.400. The van der Waals surface area contributed by atoms with Gasteiger partial charge in [0.15, 0.2) is 0 Å². The van der Waals surface area contributed by atoms with E-state index < -0.39 is 7.37 Å². The number of hydrogen-bond donors (Lipinski definition) is 1. The largest absolute Gasteiger partial charge is 0.341 e. The van der Waals surface area contributed by atoms with Gasteiger partial charge < -0.3 is 4.89 Å². The molecule has 0 aromatic heterocycles. The van der Waals surface area contributed by atoms with Crippen molar-refractivity contribution in [3.8, 4) is 0 Å². The van der Waals surface area contributed by atoms with Crippen molar-refractivity contribution < 1.29 is 9.46 Å². The second-order valence-corrected chi connectivity index (χ2v) is 5.63. The summed E-state index contributed by atoms with van der Waals surface area (Å²) in [5, 5.41) is 0.569. The van der Waals surface area contributed by atoms with E-state index in [1.807, 2.05) is 26.0 Å². The van der Waals surface area contributed by atoms with Crippen LogP contribution >= 0.6 is 7.37 Å². The predicted octanol–water partition coefficient (Wildman–Crippen LogP) is 2.30. The lowest BCUT2D eigenvalue weighted by Crippen LogP contribution is -2.06. The normalized spacial score (nSPS) is 15.3. The summed E-state index contributed by atoms with van der Waals surface area (Å²) < 4.78 is 11.7. The molecular weight excluding hydrogens is 183 g/mol. The van der Waals surface area contributed by atoms with Crippen LogP contribution in [0, 0.1) is 6.92 Å². The molecule has 3 heteroatoms. The van der Waals surface area contributed by atoms with Crippen molar-refractivity contribution in [1.29, 1.82) is 0 Å². The molecular formula is C10H15O2P. The van der Waals surface area contributed by atoms with Gasteiger partial charge in [-0.2, -0.15) is 0 Å². The van der Waals surface area contributed by atoms with Gasteiger partial charge in [0.05, 0.1) is 0 Å². The van der Waals surface area contributed by atoms with E-state index in [4.69, 9.17) is 0 Å². The summed E-state index contributed by atoms with van der Waals surface area (Å²) >= 11 is 0. The fourth-order valence-corrected chi connectivity index (χ4v) is 2.69. The Hall–Kier alpha value is -0.590. The smallest absolute Gasteiger partial charge is 0.229 e. The summed E-state index contributed by atoms with van der Waals surface area (Å²) in [6.45, 7) is 3.88. The lowest BCUT2D eigenvalue weighted by Gasteiger charge is -2.10. The molecule has 72 valence electrons. The van der Waals surface area contributed by atoms with Crippen LogP contribution < -0.4 is 5.30 Å². The summed E-state index contributed by atoms with van der Waals surface area (Å²) in [4.78, 5) is 9.63. The molecule has 0 spiro atoms. The highest BCUT2D eigenvalue weighted by atomic mass is 31.2. The van der Waals surface area contributed by atoms with E-state index in [0.717, 1.165) is 12.0 Å². The molecule has 1 aromatic carbocycles. The highest BCUT2D eigenvalue weighted by Crippen LogP contribution is 2.39. The summed E-state index contributed by atoms with van der Waals surface area (Å²) in [7, 11) is -3.06. The number of aryl methyl sites for hydroxylation is 1. The van der Waals surface area contributed by atoms with Gasteiger partial charge in [-0.15, -0.1) is 0 Å². The van der Waals surface area contributed by atoms with Gasteiger partial charge >= 0.3 is 0 Å². The highest BCUT2D eigenvalue weighted by molar-refractivity contribution is 7.66. The van der Waals surface area contributed by atoms with Gasteiger partial charge in [-0.05, 0) is 25.5 Å². The molecule has 0 aliphatic carbocycles. The molecule has 0 heterocycles. The van der Waals surface area contributed by atoms with Crippen LogP contribution in [0.5, 0.6) is 0 Å². The summed E-state index contributed by atoms with van der Waals surface area (Å²) in [5.41, 5.74) is 1.11. The van der Waals surface area contributed by atoms with Crippen LogP contribution in [0.25, 0.3) is 0 Å². The molecule has 0 aliphatic heterocycles. The van der Waals surface area contributed by atoms with Crippen molar-refractivity contribution in [3.63, 3.8) is 0 Å². The third-order valence-corrected chi connectivity index (χ3v) is 4.12. The maximum absolute atomic E-state index is 11.7. The van der Waals surface area contributed by atoms with Crippen molar-refractivity contribution >= 4 is 12.7 Å². The zero-order valence-corrected chi connectivity index (χ0v) is 8.92. The molecule has 0 aliphatic rings. The Kier molecular flexibility index (Phi) is 3.29. The molecule has 1 unspecified atom stereocenters. The second kappa shape index (κ2) is 4.08. The summed E-state index contributed by atoms with van der Waals surface area (Å²) in [6, 6.07) is 7.22. The van der Waals surface area contributed by atoms with Crippen LogP contribution in [0.1, 0.15) is 18.9 Å². The van der Waals surface area contributed by atoms with E-state index >= 15 is 0 Å². The van der Waals surface area contributed by atoms with Crippen LogP contribution in [0.2, 0.25) is 0 Å². The predicted molar refractivity (Wildman–Crippen MR) is 55.8 cm³/mol. The first-order valence-corrected chi connectivity index (χ1v) is 6.30. The van der Waals surface area contributed by atoms with Crippen molar-refractivity contribution in [2.45, 2.75) is 20.3 Å². The summed E-state index contributed by atoms with van der Waals surface area (Å²) in [5.74, 6) is 0. The fourth-order valence-electron chi connectivity index (χ4n) is 1.21. The Balaban J connectivity index is 2.94. The first-order chi connectivity index (χ1) is 6.06. The van der Waals surface area contributed by atoms with E-state index in [9.17, 15) is 9.46 Å². The van der Waals surface area contributed by atoms with E-state index in [2.05, 4.69) is 0 Å². The average molecular weight is 198 g/mol. The van der Waals surface area contributed by atoms with Crippen LogP contribution in [0.15, 0.2) is 24.3 Å². The van der Waals surface area contributed by atoms with E-state index in [-0.39, 0.29) is 0 Å². The van der Waals surface area contributed by atoms with Crippen molar-refractivity contribution in [1.82, 2.24) is 0 Å². The van der Waals surface area contributed by atoms with Gasteiger partial charge in [-0.3, -0.25) is 4.57 Å². The van der Waals surface area contributed by atoms with Crippen LogP contribution in [0.3, 0.4) is 0 Å². The molecule has 0 fully saturated rings. The third kappa shape index (κ3) is 2.68. The topological polar surface area (TPSA) is 37.3 Å². The Bertz CT molecular complexity index is 316. The Labute approximate surface area is 79.1 Å².